The zero-order valence-corrected chi connectivity index (χ0v) is 11.3. The molecule has 0 fully saturated rings. The zero-order valence-electron chi connectivity index (χ0n) is 11.3. The third kappa shape index (κ3) is 4.11. The summed E-state index contributed by atoms with van der Waals surface area (Å²) in [7, 11) is 1.22. The highest BCUT2D eigenvalue weighted by Gasteiger charge is 2.23. The topological polar surface area (TPSA) is 106 Å². The second kappa shape index (κ2) is 7.32. The second-order valence-electron chi connectivity index (χ2n) is 4.09. The number of carbonyl (C=O) groups is 3. The number of rotatable bonds is 7. The van der Waals surface area contributed by atoms with Gasteiger partial charge >= 0.3 is 11.9 Å². The van der Waals surface area contributed by atoms with E-state index in [0.717, 1.165) is 0 Å². The molecular weight excluding hydrogens is 266 g/mol. The highest BCUT2D eigenvalue weighted by molar-refractivity contribution is 5.97. The second-order valence-corrected chi connectivity index (χ2v) is 4.09. The zero-order chi connectivity index (χ0) is 15.1. The molecule has 1 aromatic rings. The number of furan rings is 1. The number of hydrogen-bond acceptors (Lipinski definition) is 5. The summed E-state index contributed by atoms with van der Waals surface area (Å²) in [6.07, 6.45) is 1.78. The van der Waals surface area contributed by atoms with Gasteiger partial charge in [-0.1, -0.05) is 6.92 Å². The molecule has 0 aliphatic rings. The predicted octanol–water partition coefficient (Wildman–Crippen LogP) is 0.978. The Hall–Kier alpha value is -2.31. The molecule has 0 spiro atoms. The fourth-order valence-electron chi connectivity index (χ4n) is 1.67. The van der Waals surface area contributed by atoms with E-state index in [4.69, 9.17) is 9.52 Å². The number of hydrogen-bond donors (Lipinski definition) is 2. The maximum atomic E-state index is 12.0. The summed E-state index contributed by atoms with van der Waals surface area (Å²) in [6.45, 7) is 1.82. The van der Waals surface area contributed by atoms with E-state index in [-0.39, 0.29) is 12.8 Å². The van der Waals surface area contributed by atoms with Crippen LogP contribution < -0.4 is 5.32 Å². The van der Waals surface area contributed by atoms with Crippen LogP contribution in [-0.2, 0) is 20.7 Å². The van der Waals surface area contributed by atoms with Gasteiger partial charge in [-0.15, -0.1) is 0 Å². The van der Waals surface area contributed by atoms with E-state index in [2.05, 4.69) is 10.1 Å². The van der Waals surface area contributed by atoms with E-state index >= 15 is 0 Å². The molecule has 7 nitrogen and oxygen atoms in total. The van der Waals surface area contributed by atoms with Gasteiger partial charge in [0.1, 0.15) is 11.8 Å². The molecule has 0 radical (unpaired) electrons. The van der Waals surface area contributed by atoms with E-state index in [1.807, 2.05) is 6.92 Å². The molecule has 1 atom stereocenters. The van der Waals surface area contributed by atoms with Crippen molar-refractivity contribution in [2.75, 3.05) is 7.11 Å². The maximum Gasteiger partial charge on any atom is 0.326 e. The third-order valence-electron chi connectivity index (χ3n) is 2.78. The Balaban J connectivity index is 2.68. The molecule has 1 rings (SSSR count). The summed E-state index contributed by atoms with van der Waals surface area (Å²) >= 11 is 0. The first kappa shape index (κ1) is 15.7. The van der Waals surface area contributed by atoms with Crippen molar-refractivity contribution in [3.63, 3.8) is 0 Å². The minimum atomic E-state index is -1.20. The summed E-state index contributed by atoms with van der Waals surface area (Å²) < 4.78 is 9.54. The van der Waals surface area contributed by atoms with Crippen LogP contribution in [0.15, 0.2) is 16.7 Å². The molecule has 1 amide bonds. The van der Waals surface area contributed by atoms with Crippen LogP contribution in [0, 0.1) is 0 Å². The van der Waals surface area contributed by atoms with Crippen molar-refractivity contribution in [3.8, 4) is 0 Å². The normalized spacial score (nSPS) is 11.7. The minimum absolute atomic E-state index is 0.0347. The van der Waals surface area contributed by atoms with Crippen LogP contribution >= 0.6 is 0 Å². The first-order valence-electron chi connectivity index (χ1n) is 6.16. The Morgan fingerprint density at radius 2 is 2.15 bits per heavy atom. The van der Waals surface area contributed by atoms with E-state index in [0.29, 0.717) is 17.7 Å². The largest absolute Gasteiger partial charge is 0.480 e. The Morgan fingerprint density at radius 1 is 1.45 bits per heavy atom. The third-order valence-corrected chi connectivity index (χ3v) is 2.78. The van der Waals surface area contributed by atoms with Crippen molar-refractivity contribution >= 4 is 17.8 Å². The van der Waals surface area contributed by atoms with Gasteiger partial charge in [-0.3, -0.25) is 9.59 Å². The molecule has 0 saturated heterocycles. The van der Waals surface area contributed by atoms with E-state index in [1.54, 1.807) is 0 Å². The van der Waals surface area contributed by atoms with E-state index in [9.17, 15) is 14.4 Å². The Labute approximate surface area is 115 Å². The van der Waals surface area contributed by atoms with Gasteiger partial charge in [0.05, 0.1) is 18.9 Å². The number of aryl methyl sites for hydroxylation is 1. The van der Waals surface area contributed by atoms with Crippen molar-refractivity contribution in [1.29, 1.82) is 0 Å². The van der Waals surface area contributed by atoms with Crippen molar-refractivity contribution in [2.24, 2.45) is 0 Å². The van der Waals surface area contributed by atoms with Crippen molar-refractivity contribution in [2.45, 2.75) is 32.2 Å². The lowest BCUT2D eigenvalue weighted by Crippen LogP contribution is -2.41. The lowest BCUT2D eigenvalue weighted by molar-refractivity contribution is -0.142. The van der Waals surface area contributed by atoms with Crippen LogP contribution in [0.3, 0.4) is 0 Å². The fraction of sp³-hybridized carbons (Fsp3) is 0.462. The smallest absolute Gasteiger partial charge is 0.326 e. The molecule has 1 heterocycles. The molecule has 2 N–H and O–H groups in total. The van der Waals surface area contributed by atoms with Crippen LogP contribution in [0.4, 0.5) is 0 Å². The number of carboxylic acid groups (broad SMARTS) is 1. The number of ether oxygens (including phenoxy) is 1. The molecule has 20 heavy (non-hydrogen) atoms. The Kier molecular flexibility index (Phi) is 5.76. The molecule has 7 heteroatoms. The minimum Gasteiger partial charge on any atom is -0.480 e. The number of esters is 1. The van der Waals surface area contributed by atoms with Crippen molar-refractivity contribution < 1.29 is 28.6 Å². The molecule has 0 unspecified atom stereocenters. The molecule has 0 bridgehead atoms. The summed E-state index contributed by atoms with van der Waals surface area (Å²) in [5, 5.41) is 11.4. The summed E-state index contributed by atoms with van der Waals surface area (Å²) in [5.41, 5.74) is 0.303. The number of aliphatic carboxylic acids is 1. The number of methoxy groups -OCH3 is 1. The fourth-order valence-corrected chi connectivity index (χ4v) is 1.67. The molecule has 0 aliphatic heterocycles. The lowest BCUT2D eigenvalue weighted by Gasteiger charge is -2.13. The highest BCUT2D eigenvalue weighted by atomic mass is 16.5. The number of carbonyl (C=O) groups excluding carboxylic acids is 2. The van der Waals surface area contributed by atoms with Crippen LogP contribution in [0.25, 0.3) is 0 Å². The van der Waals surface area contributed by atoms with Gasteiger partial charge in [-0.05, 0) is 12.5 Å². The molecular formula is C13H17NO6. The monoisotopic (exact) mass is 283 g/mol. The van der Waals surface area contributed by atoms with E-state index in [1.165, 1.54) is 19.4 Å². The first-order valence-corrected chi connectivity index (χ1v) is 6.16. The number of nitrogens with one attached hydrogen (secondary N) is 1. The quantitative estimate of drug-likeness (QED) is 0.722. The summed E-state index contributed by atoms with van der Waals surface area (Å²) in [4.78, 5) is 34.0. The van der Waals surface area contributed by atoms with Gasteiger partial charge < -0.3 is 19.6 Å². The lowest BCUT2D eigenvalue weighted by atomic mass is 10.1. The van der Waals surface area contributed by atoms with Gasteiger partial charge in [0.25, 0.3) is 5.91 Å². The summed E-state index contributed by atoms with van der Waals surface area (Å²) in [6, 6.07) is 0.328. The molecule has 0 aliphatic carbocycles. The number of amides is 1. The van der Waals surface area contributed by atoms with Gasteiger partial charge in [-0.2, -0.15) is 0 Å². The molecule has 0 saturated carbocycles. The number of carboxylic acids is 1. The average Bonchev–Trinajstić information content (AvgIpc) is 2.90. The standard InChI is InChI=1S/C13H17NO6/c1-3-10-8(6-7-20-10)12(16)14-9(13(17)18)4-5-11(15)19-2/h6-7,9H,3-5H2,1-2H3,(H,14,16)(H,17,18)/t9-/m1/s1. The molecule has 110 valence electrons. The highest BCUT2D eigenvalue weighted by Crippen LogP contribution is 2.12. The molecule has 0 aromatic carbocycles. The van der Waals surface area contributed by atoms with Crippen LogP contribution in [0.1, 0.15) is 35.9 Å². The predicted molar refractivity (Wildman–Crippen MR) is 68.2 cm³/mol. The first-order chi connectivity index (χ1) is 9.49. The van der Waals surface area contributed by atoms with Crippen LogP contribution in [0.2, 0.25) is 0 Å². The Bertz CT molecular complexity index is 493. The van der Waals surface area contributed by atoms with Crippen LogP contribution in [-0.4, -0.2) is 36.1 Å². The molecule has 1 aromatic heterocycles. The SMILES string of the molecule is CCc1occc1C(=O)N[C@H](CCC(=O)OC)C(=O)O. The maximum absolute atomic E-state index is 12.0. The van der Waals surface area contributed by atoms with E-state index < -0.39 is 23.9 Å². The van der Waals surface area contributed by atoms with Crippen LogP contribution in [0.5, 0.6) is 0 Å². The van der Waals surface area contributed by atoms with Gasteiger partial charge in [0.2, 0.25) is 0 Å². The van der Waals surface area contributed by atoms with Gasteiger partial charge in [0.15, 0.2) is 0 Å². The van der Waals surface area contributed by atoms with Crippen molar-refractivity contribution in [3.05, 3.63) is 23.7 Å². The summed E-state index contributed by atoms with van der Waals surface area (Å²) in [5.74, 6) is -1.78. The van der Waals surface area contributed by atoms with Gasteiger partial charge in [0, 0.05) is 12.8 Å². The average molecular weight is 283 g/mol. The Morgan fingerprint density at radius 3 is 2.70 bits per heavy atom. The van der Waals surface area contributed by atoms with Crippen molar-refractivity contribution in [1.82, 2.24) is 5.32 Å². The van der Waals surface area contributed by atoms with Gasteiger partial charge in [-0.25, -0.2) is 4.79 Å².